The van der Waals surface area contributed by atoms with Crippen LogP contribution < -0.4 is 10.5 Å². The third-order valence-electron chi connectivity index (χ3n) is 3.19. The molecule has 4 N–H and O–H groups in total. The van der Waals surface area contributed by atoms with Crippen LogP contribution in [-0.4, -0.2) is 25.0 Å². The Morgan fingerprint density at radius 2 is 1.84 bits per heavy atom. The molecule has 0 aliphatic heterocycles. The van der Waals surface area contributed by atoms with Crippen LogP contribution in [0.4, 0.5) is 0 Å². The van der Waals surface area contributed by atoms with Crippen molar-refractivity contribution in [2.75, 3.05) is 0 Å². The highest BCUT2D eigenvalue weighted by atomic mass is 32.2. The first-order valence-corrected chi connectivity index (χ1v) is 7.47. The summed E-state index contributed by atoms with van der Waals surface area (Å²) in [5.74, 6) is -0.142. The lowest BCUT2D eigenvalue weighted by molar-refractivity contribution is 0.307. The van der Waals surface area contributed by atoms with Crippen LogP contribution >= 0.6 is 0 Å². The fraction of sp³-hybridized carbons (Fsp3) is 0.417. The average Bonchev–Trinajstić information content (AvgIpc) is 2.45. The molecular formula is C12H19N3O3S. The molecule has 0 saturated carbocycles. The molecule has 0 aliphatic rings. The van der Waals surface area contributed by atoms with Crippen LogP contribution in [0.5, 0.6) is 0 Å². The van der Waals surface area contributed by atoms with Gasteiger partial charge in [0.25, 0.3) is 0 Å². The molecule has 0 bridgehead atoms. The normalized spacial score (nSPS) is 13.5. The van der Waals surface area contributed by atoms with Crippen molar-refractivity contribution >= 4 is 15.9 Å². The standard InChI is InChI=1S/C12H19N3O3S/c1-3-12(4-2,11(13)14-16)15-19(17,18)10-8-6-5-7-9-10/h5-9,15-16H,3-4H2,1-2H3,(H2,13,14). The largest absolute Gasteiger partial charge is 0.409 e. The van der Waals surface area contributed by atoms with Gasteiger partial charge in [-0.1, -0.05) is 37.2 Å². The van der Waals surface area contributed by atoms with E-state index in [9.17, 15) is 8.42 Å². The first kappa shape index (κ1) is 15.5. The molecule has 0 saturated heterocycles. The summed E-state index contributed by atoms with van der Waals surface area (Å²) in [5.41, 5.74) is 4.55. The number of benzene rings is 1. The molecule has 1 aromatic rings. The lowest BCUT2D eigenvalue weighted by Crippen LogP contribution is -2.56. The zero-order valence-electron chi connectivity index (χ0n) is 11.0. The minimum atomic E-state index is -3.72. The Bertz CT molecular complexity index is 537. The van der Waals surface area contributed by atoms with Crippen LogP contribution in [0.15, 0.2) is 40.4 Å². The number of sulfonamides is 1. The number of oxime groups is 1. The van der Waals surface area contributed by atoms with Gasteiger partial charge in [0.2, 0.25) is 10.0 Å². The van der Waals surface area contributed by atoms with Gasteiger partial charge in [-0.3, -0.25) is 0 Å². The van der Waals surface area contributed by atoms with E-state index in [2.05, 4.69) is 9.88 Å². The van der Waals surface area contributed by atoms with E-state index in [1.165, 1.54) is 12.1 Å². The molecule has 0 heterocycles. The predicted molar refractivity (Wildman–Crippen MR) is 73.5 cm³/mol. The second kappa shape index (κ2) is 6.03. The number of nitrogens with zero attached hydrogens (tertiary/aromatic N) is 1. The summed E-state index contributed by atoms with van der Waals surface area (Å²) < 4.78 is 27.1. The summed E-state index contributed by atoms with van der Waals surface area (Å²) in [7, 11) is -3.72. The van der Waals surface area contributed by atoms with Crippen LogP contribution in [0.3, 0.4) is 0 Å². The maximum atomic E-state index is 12.3. The van der Waals surface area contributed by atoms with Crippen molar-refractivity contribution in [3.8, 4) is 0 Å². The van der Waals surface area contributed by atoms with Gasteiger partial charge in [-0.15, -0.1) is 0 Å². The van der Waals surface area contributed by atoms with Crippen molar-refractivity contribution in [3.63, 3.8) is 0 Å². The van der Waals surface area contributed by atoms with E-state index in [1.807, 2.05) is 0 Å². The fourth-order valence-electron chi connectivity index (χ4n) is 1.82. The molecule has 0 radical (unpaired) electrons. The SMILES string of the molecule is CCC(CC)(NS(=O)(=O)c1ccccc1)/C(N)=N/O. The van der Waals surface area contributed by atoms with E-state index in [1.54, 1.807) is 32.0 Å². The predicted octanol–water partition coefficient (Wildman–Crippen LogP) is 1.27. The third-order valence-corrected chi connectivity index (χ3v) is 4.74. The number of hydrogen-bond acceptors (Lipinski definition) is 4. The van der Waals surface area contributed by atoms with Gasteiger partial charge >= 0.3 is 0 Å². The fourth-order valence-corrected chi connectivity index (χ4v) is 3.36. The maximum absolute atomic E-state index is 12.3. The topological polar surface area (TPSA) is 105 Å². The van der Waals surface area contributed by atoms with Gasteiger partial charge in [0.1, 0.15) is 0 Å². The summed E-state index contributed by atoms with van der Waals surface area (Å²) in [4.78, 5) is 0.145. The molecule has 1 aromatic carbocycles. The summed E-state index contributed by atoms with van der Waals surface area (Å²) in [6.07, 6.45) is 0.761. The molecule has 0 amide bonds. The molecule has 0 fully saturated rings. The van der Waals surface area contributed by atoms with Crippen LogP contribution in [-0.2, 0) is 10.0 Å². The van der Waals surface area contributed by atoms with Gasteiger partial charge in [0.15, 0.2) is 5.84 Å². The number of nitrogens with one attached hydrogen (secondary N) is 1. The quantitative estimate of drug-likeness (QED) is 0.317. The Hall–Kier alpha value is -1.60. The molecule has 106 valence electrons. The highest BCUT2D eigenvalue weighted by Crippen LogP contribution is 2.20. The second-order valence-corrected chi connectivity index (χ2v) is 5.88. The first-order chi connectivity index (χ1) is 8.91. The van der Waals surface area contributed by atoms with Gasteiger partial charge < -0.3 is 10.9 Å². The van der Waals surface area contributed by atoms with E-state index >= 15 is 0 Å². The second-order valence-electron chi connectivity index (χ2n) is 4.19. The summed E-state index contributed by atoms with van der Waals surface area (Å²) in [5, 5.41) is 11.8. The number of amidine groups is 1. The summed E-state index contributed by atoms with van der Waals surface area (Å²) >= 11 is 0. The van der Waals surface area contributed by atoms with Crippen molar-refractivity contribution in [1.29, 1.82) is 0 Å². The van der Waals surface area contributed by atoms with Crippen LogP contribution in [0.2, 0.25) is 0 Å². The third kappa shape index (κ3) is 3.24. The lowest BCUT2D eigenvalue weighted by Gasteiger charge is -2.30. The Morgan fingerprint density at radius 1 is 1.32 bits per heavy atom. The maximum Gasteiger partial charge on any atom is 0.241 e. The van der Waals surface area contributed by atoms with Crippen molar-refractivity contribution in [2.24, 2.45) is 10.9 Å². The molecular weight excluding hydrogens is 266 g/mol. The molecule has 0 unspecified atom stereocenters. The number of nitrogens with two attached hydrogens (primary N) is 1. The molecule has 0 atom stereocenters. The van der Waals surface area contributed by atoms with Crippen LogP contribution in [0.25, 0.3) is 0 Å². The molecule has 6 nitrogen and oxygen atoms in total. The van der Waals surface area contributed by atoms with Gasteiger partial charge in [-0.25, -0.2) is 8.42 Å². The van der Waals surface area contributed by atoms with E-state index in [-0.39, 0.29) is 10.7 Å². The summed E-state index contributed by atoms with van der Waals surface area (Å²) in [6, 6.07) is 7.99. The zero-order valence-corrected chi connectivity index (χ0v) is 11.8. The molecule has 0 aliphatic carbocycles. The molecule has 0 aromatic heterocycles. The minimum Gasteiger partial charge on any atom is -0.409 e. The molecule has 0 spiro atoms. The molecule has 1 rings (SSSR count). The Labute approximate surface area is 113 Å². The van der Waals surface area contributed by atoms with Crippen LogP contribution in [0.1, 0.15) is 26.7 Å². The van der Waals surface area contributed by atoms with Crippen molar-refractivity contribution in [3.05, 3.63) is 30.3 Å². The van der Waals surface area contributed by atoms with Gasteiger partial charge in [-0.05, 0) is 25.0 Å². The minimum absolute atomic E-state index is 0.142. The smallest absolute Gasteiger partial charge is 0.241 e. The van der Waals surface area contributed by atoms with E-state index in [0.29, 0.717) is 12.8 Å². The molecule has 19 heavy (non-hydrogen) atoms. The number of hydrogen-bond donors (Lipinski definition) is 3. The average molecular weight is 285 g/mol. The first-order valence-electron chi connectivity index (χ1n) is 5.99. The van der Waals surface area contributed by atoms with E-state index in [4.69, 9.17) is 10.9 Å². The Morgan fingerprint density at radius 3 is 2.26 bits per heavy atom. The van der Waals surface area contributed by atoms with Gasteiger partial charge in [0, 0.05) is 0 Å². The van der Waals surface area contributed by atoms with Crippen LogP contribution in [0, 0.1) is 0 Å². The van der Waals surface area contributed by atoms with Crippen molar-refractivity contribution in [1.82, 2.24) is 4.72 Å². The monoisotopic (exact) mass is 285 g/mol. The van der Waals surface area contributed by atoms with Crippen molar-refractivity contribution < 1.29 is 13.6 Å². The van der Waals surface area contributed by atoms with E-state index in [0.717, 1.165) is 0 Å². The zero-order chi connectivity index (χ0) is 14.5. The highest BCUT2D eigenvalue weighted by molar-refractivity contribution is 7.89. The molecule has 7 heteroatoms. The van der Waals surface area contributed by atoms with Crippen molar-refractivity contribution in [2.45, 2.75) is 37.1 Å². The lowest BCUT2D eigenvalue weighted by atomic mass is 9.93. The highest BCUT2D eigenvalue weighted by Gasteiger charge is 2.36. The Balaban J connectivity index is 3.18. The Kier molecular flexibility index (Phi) is 4.90. The van der Waals surface area contributed by atoms with Gasteiger partial charge in [-0.2, -0.15) is 4.72 Å². The number of rotatable bonds is 6. The van der Waals surface area contributed by atoms with Gasteiger partial charge in [0.05, 0.1) is 10.4 Å². The summed E-state index contributed by atoms with van der Waals surface area (Å²) in [6.45, 7) is 3.55. The van der Waals surface area contributed by atoms with E-state index < -0.39 is 15.6 Å².